The molecule has 2 aromatic rings. The van der Waals surface area contributed by atoms with Crippen LogP contribution in [0.5, 0.6) is 0 Å². The molecular weight excluding hydrogens is 209 g/mol. The second-order valence-corrected chi connectivity index (χ2v) is 3.45. The van der Waals surface area contributed by atoms with Crippen molar-refractivity contribution >= 4 is 40.4 Å². The van der Waals surface area contributed by atoms with Gasteiger partial charge in [-0.25, -0.2) is 0 Å². The van der Waals surface area contributed by atoms with Gasteiger partial charge in [-0.05, 0) is 18.2 Å². The van der Waals surface area contributed by atoms with Crippen molar-refractivity contribution < 1.29 is 4.79 Å². The van der Waals surface area contributed by atoms with Crippen LogP contribution in [0.25, 0.3) is 10.9 Å². The van der Waals surface area contributed by atoms with E-state index in [1.165, 1.54) is 0 Å². The number of halogens is 2. The van der Waals surface area contributed by atoms with E-state index in [1.54, 1.807) is 18.2 Å². The molecule has 0 aliphatic rings. The van der Waals surface area contributed by atoms with Crippen molar-refractivity contribution in [1.82, 2.24) is 4.98 Å². The fourth-order valence-electron chi connectivity index (χ4n) is 1.23. The van der Waals surface area contributed by atoms with Gasteiger partial charge in [-0.3, -0.25) is 4.79 Å². The summed E-state index contributed by atoms with van der Waals surface area (Å²) in [6.45, 7) is 0. The summed E-state index contributed by atoms with van der Waals surface area (Å²) in [7, 11) is 0. The minimum absolute atomic E-state index is 0.475. The predicted octanol–water partition coefficient (Wildman–Crippen LogP) is 3.29. The first-order valence-electron chi connectivity index (χ1n) is 3.64. The normalized spacial score (nSPS) is 10.6. The summed E-state index contributed by atoms with van der Waals surface area (Å²) in [5.41, 5.74) is 1.32. The highest BCUT2D eigenvalue weighted by molar-refractivity contribution is 6.45. The molecule has 0 amide bonds. The summed E-state index contributed by atoms with van der Waals surface area (Å²) in [6, 6.07) is 5.16. The van der Waals surface area contributed by atoms with Crippen molar-refractivity contribution in [2.24, 2.45) is 0 Å². The zero-order valence-corrected chi connectivity index (χ0v) is 7.99. The molecule has 0 saturated heterocycles. The third-order valence-corrected chi connectivity index (χ3v) is 2.66. The molecule has 0 atom stereocenters. The molecule has 1 aromatic heterocycles. The molecule has 1 N–H and O–H groups in total. The van der Waals surface area contributed by atoms with Crippen LogP contribution in [0, 0.1) is 0 Å². The summed E-state index contributed by atoms with van der Waals surface area (Å²) in [6.07, 6.45) is 0.740. The Kier molecular flexibility index (Phi) is 2.02. The Bertz CT molecular complexity index is 476. The zero-order valence-electron chi connectivity index (χ0n) is 6.47. The molecule has 0 fully saturated rings. The molecule has 0 bridgehead atoms. The van der Waals surface area contributed by atoms with E-state index >= 15 is 0 Å². The number of aromatic nitrogens is 1. The topological polar surface area (TPSA) is 32.9 Å². The highest BCUT2D eigenvalue weighted by Crippen LogP contribution is 2.30. The third-order valence-electron chi connectivity index (χ3n) is 1.84. The van der Waals surface area contributed by atoms with Crippen LogP contribution in [-0.2, 0) is 0 Å². The Morgan fingerprint density at radius 2 is 2.08 bits per heavy atom. The third kappa shape index (κ3) is 1.32. The first-order valence-corrected chi connectivity index (χ1v) is 4.40. The lowest BCUT2D eigenvalue weighted by atomic mass is 10.2. The van der Waals surface area contributed by atoms with Gasteiger partial charge in [-0.15, -0.1) is 0 Å². The first-order chi connectivity index (χ1) is 6.22. The summed E-state index contributed by atoms with van der Waals surface area (Å²) in [5.74, 6) is 0. The van der Waals surface area contributed by atoms with E-state index in [0.717, 1.165) is 17.2 Å². The van der Waals surface area contributed by atoms with E-state index in [-0.39, 0.29) is 0 Å². The Labute approximate surface area is 84.5 Å². The van der Waals surface area contributed by atoms with Crippen LogP contribution in [0.3, 0.4) is 0 Å². The van der Waals surface area contributed by atoms with Crippen LogP contribution in [0.1, 0.15) is 10.5 Å². The maximum Gasteiger partial charge on any atom is 0.166 e. The number of hydrogen-bond donors (Lipinski definition) is 1. The van der Waals surface area contributed by atoms with Gasteiger partial charge in [0.15, 0.2) is 6.29 Å². The minimum atomic E-state index is 0.475. The fourth-order valence-corrected chi connectivity index (χ4v) is 1.61. The Morgan fingerprint density at radius 1 is 1.31 bits per heavy atom. The molecule has 0 saturated carbocycles. The van der Waals surface area contributed by atoms with Gasteiger partial charge in [-0.2, -0.15) is 0 Å². The summed E-state index contributed by atoms with van der Waals surface area (Å²) in [4.78, 5) is 13.4. The van der Waals surface area contributed by atoms with Crippen LogP contribution >= 0.6 is 23.2 Å². The highest BCUT2D eigenvalue weighted by Gasteiger charge is 2.06. The smallest absolute Gasteiger partial charge is 0.166 e. The van der Waals surface area contributed by atoms with Crippen LogP contribution in [0.15, 0.2) is 18.2 Å². The molecule has 0 aliphatic heterocycles. The largest absolute Gasteiger partial charge is 0.352 e. The van der Waals surface area contributed by atoms with Crippen molar-refractivity contribution in [3.05, 3.63) is 33.9 Å². The summed E-state index contributed by atoms with van der Waals surface area (Å²) in [5, 5.41) is 1.74. The Hall–Kier alpha value is -0.990. The highest BCUT2D eigenvalue weighted by atomic mass is 35.5. The average Bonchev–Trinajstić information content (AvgIpc) is 2.55. The molecule has 0 aliphatic carbocycles. The lowest BCUT2D eigenvalue weighted by Crippen LogP contribution is -1.74. The number of carbonyl (C=O) groups excluding carboxylic acids is 1. The molecule has 0 spiro atoms. The van der Waals surface area contributed by atoms with E-state index in [9.17, 15) is 4.79 Å². The second kappa shape index (κ2) is 3.05. The monoisotopic (exact) mass is 213 g/mol. The summed E-state index contributed by atoms with van der Waals surface area (Å²) >= 11 is 11.7. The number of H-pyrrole nitrogens is 1. The molecule has 4 heteroatoms. The van der Waals surface area contributed by atoms with E-state index in [0.29, 0.717) is 15.7 Å². The van der Waals surface area contributed by atoms with Gasteiger partial charge in [0.1, 0.15) is 0 Å². The zero-order chi connectivity index (χ0) is 9.42. The quantitative estimate of drug-likeness (QED) is 0.725. The molecule has 0 radical (unpaired) electrons. The predicted molar refractivity (Wildman–Crippen MR) is 53.7 cm³/mol. The average molecular weight is 214 g/mol. The van der Waals surface area contributed by atoms with Crippen LogP contribution in [0.4, 0.5) is 0 Å². The Balaban J connectivity index is 2.83. The van der Waals surface area contributed by atoms with Crippen molar-refractivity contribution in [3.8, 4) is 0 Å². The minimum Gasteiger partial charge on any atom is -0.352 e. The van der Waals surface area contributed by atoms with Gasteiger partial charge in [0.05, 0.1) is 15.7 Å². The molecule has 66 valence electrons. The van der Waals surface area contributed by atoms with Crippen LogP contribution in [-0.4, -0.2) is 11.3 Å². The van der Waals surface area contributed by atoms with Gasteiger partial charge in [0, 0.05) is 10.9 Å². The molecule has 1 heterocycles. The van der Waals surface area contributed by atoms with Crippen LogP contribution in [0.2, 0.25) is 10.0 Å². The number of aldehydes is 1. The maximum absolute atomic E-state index is 10.5. The SMILES string of the molecule is O=Cc1cc2c(Cl)c(Cl)ccc2[nH]1. The van der Waals surface area contributed by atoms with Gasteiger partial charge >= 0.3 is 0 Å². The van der Waals surface area contributed by atoms with Crippen molar-refractivity contribution in [3.63, 3.8) is 0 Å². The van der Waals surface area contributed by atoms with Gasteiger partial charge in [0.25, 0.3) is 0 Å². The molecule has 13 heavy (non-hydrogen) atoms. The van der Waals surface area contributed by atoms with Gasteiger partial charge in [0.2, 0.25) is 0 Å². The number of benzene rings is 1. The first kappa shape index (κ1) is 8.60. The van der Waals surface area contributed by atoms with Gasteiger partial charge in [-0.1, -0.05) is 23.2 Å². The number of rotatable bonds is 1. The lowest BCUT2D eigenvalue weighted by Gasteiger charge is -1.95. The maximum atomic E-state index is 10.5. The fraction of sp³-hybridized carbons (Fsp3) is 0. The van der Waals surface area contributed by atoms with E-state index in [2.05, 4.69) is 4.98 Å². The molecule has 0 unspecified atom stereocenters. The number of aromatic amines is 1. The van der Waals surface area contributed by atoms with Crippen molar-refractivity contribution in [2.75, 3.05) is 0 Å². The lowest BCUT2D eigenvalue weighted by molar-refractivity contribution is 0.112. The molecular formula is C9H5Cl2NO. The van der Waals surface area contributed by atoms with E-state index in [1.807, 2.05) is 0 Å². The van der Waals surface area contributed by atoms with Crippen LogP contribution < -0.4 is 0 Å². The van der Waals surface area contributed by atoms with Crippen molar-refractivity contribution in [1.29, 1.82) is 0 Å². The van der Waals surface area contributed by atoms with E-state index in [4.69, 9.17) is 23.2 Å². The van der Waals surface area contributed by atoms with Crippen molar-refractivity contribution in [2.45, 2.75) is 0 Å². The standard InChI is InChI=1S/C9H5Cl2NO/c10-7-1-2-8-6(9(7)11)3-5(4-13)12-8/h1-4,12H. The second-order valence-electron chi connectivity index (χ2n) is 2.67. The number of nitrogens with one attached hydrogen (secondary N) is 1. The molecule has 1 aromatic carbocycles. The van der Waals surface area contributed by atoms with Gasteiger partial charge < -0.3 is 4.98 Å². The van der Waals surface area contributed by atoms with E-state index < -0.39 is 0 Å². The molecule has 2 nitrogen and oxygen atoms in total. The number of carbonyl (C=O) groups is 1. The number of hydrogen-bond acceptors (Lipinski definition) is 1. The molecule has 2 rings (SSSR count). The summed E-state index contributed by atoms with van der Waals surface area (Å²) < 4.78 is 0. The number of fused-ring (bicyclic) bond motifs is 1. The Morgan fingerprint density at radius 3 is 2.77 bits per heavy atom.